The molecule has 0 spiro atoms. The Balaban J connectivity index is 1.56. The van der Waals surface area contributed by atoms with Crippen molar-refractivity contribution in [2.75, 3.05) is 18.5 Å². The standard InChI is InChI=1S/C26H29NO3/c1-20(2)16-18-29-23-14-12-22(13-15-23)27-26(28)24-10-6-7-11-25(24)30-19-17-21-8-4-3-5-9-21/h3-15,20H,16-19H2,1-2H3,(H,27,28). The van der Waals surface area contributed by atoms with Crippen LogP contribution in [0.1, 0.15) is 36.2 Å². The van der Waals surface area contributed by atoms with Crippen LogP contribution >= 0.6 is 0 Å². The summed E-state index contributed by atoms with van der Waals surface area (Å²) in [5.74, 6) is 1.80. The van der Waals surface area contributed by atoms with Crippen LogP contribution in [0.5, 0.6) is 11.5 Å². The third kappa shape index (κ3) is 6.66. The minimum Gasteiger partial charge on any atom is -0.494 e. The van der Waals surface area contributed by atoms with Gasteiger partial charge in [0, 0.05) is 12.1 Å². The lowest BCUT2D eigenvalue weighted by molar-refractivity contribution is 0.102. The van der Waals surface area contributed by atoms with Crippen LogP contribution in [0.25, 0.3) is 0 Å². The molecular formula is C26H29NO3. The Hall–Kier alpha value is -3.27. The second-order valence-corrected chi connectivity index (χ2v) is 7.59. The maximum atomic E-state index is 12.8. The molecule has 0 atom stereocenters. The highest BCUT2D eigenvalue weighted by atomic mass is 16.5. The van der Waals surface area contributed by atoms with Crippen LogP contribution in [0, 0.1) is 5.92 Å². The molecule has 0 aromatic heterocycles. The topological polar surface area (TPSA) is 47.6 Å². The average Bonchev–Trinajstić information content (AvgIpc) is 2.76. The quantitative estimate of drug-likeness (QED) is 0.453. The van der Waals surface area contributed by atoms with E-state index in [0.29, 0.717) is 30.4 Å². The summed E-state index contributed by atoms with van der Waals surface area (Å²) >= 11 is 0. The van der Waals surface area contributed by atoms with E-state index in [4.69, 9.17) is 9.47 Å². The molecule has 30 heavy (non-hydrogen) atoms. The van der Waals surface area contributed by atoms with E-state index in [0.717, 1.165) is 24.3 Å². The van der Waals surface area contributed by atoms with Gasteiger partial charge in [0.15, 0.2) is 0 Å². The van der Waals surface area contributed by atoms with E-state index in [1.807, 2.05) is 60.7 Å². The molecule has 0 aliphatic rings. The van der Waals surface area contributed by atoms with Crippen molar-refractivity contribution in [3.05, 3.63) is 90.0 Å². The summed E-state index contributed by atoms with van der Waals surface area (Å²) in [4.78, 5) is 12.8. The largest absolute Gasteiger partial charge is 0.494 e. The number of anilines is 1. The molecule has 0 aliphatic heterocycles. The molecule has 1 amide bonds. The average molecular weight is 404 g/mol. The van der Waals surface area contributed by atoms with E-state index >= 15 is 0 Å². The molecule has 3 aromatic rings. The van der Waals surface area contributed by atoms with E-state index in [9.17, 15) is 4.79 Å². The van der Waals surface area contributed by atoms with Gasteiger partial charge >= 0.3 is 0 Å². The number of benzene rings is 3. The fourth-order valence-corrected chi connectivity index (χ4v) is 2.95. The van der Waals surface area contributed by atoms with Crippen molar-refractivity contribution in [3.63, 3.8) is 0 Å². The molecule has 1 N–H and O–H groups in total. The van der Waals surface area contributed by atoms with Gasteiger partial charge < -0.3 is 14.8 Å². The Labute approximate surface area is 178 Å². The van der Waals surface area contributed by atoms with Gasteiger partial charge in [-0.05, 0) is 54.3 Å². The SMILES string of the molecule is CC(C)CCOc1ccc(NC(=O)c2ccccc2OCCc2ccccc2)cc1. The summed E-state index contributed by atoms with van der Waals surface area (Å²) in [6.45, 7) is 5.55. The Morgan fingerprint density at radius 2 is 1.53 bits per heavy atom. The highest BCUT2D eigenvalue weighted by Crippen LogP contribution is 2.22. The van der Waals surface area contributed by atoms with Crippen molar-refractivity contribution in [1.82, 2.24) is 0 Å². The van der Waals surface area contributed by atoms with E-state index < -0.39 is 0 Å². The number of hydrogen-bond acceptors (Lipinski definition) is 3. The minimum atomic E-state index is -0.196. The van der Waals surface area contributed by atoms with Crippen molar-refractivity contribution in [2.45, 2.75) is 26.7 Å². The predicted octanol–water partition coefficient (Wildman–Crippen LogP) is 5.99. The number of carbonyl (C=O) groups excluding carboxylic acids is 1. The molecule has 0 saturated heterocycles. The highest BCUT2D eigenvalue weighted by Gasteiger charge is 2.12. The normalized spacial score (nSPS) is 10.6. The second kappa shape index (κ2) is 11.1. The molecule has 0 aliphatic carbocycles. The Kier molecular flexibility index (Phi) is 7.90. The summed E-state index contributed by atoms with van der Waals surface area (Å²) in [7, 11) is 0. The van der Waals surface area contributed by atoms with Gasteiger partial charge in [-0.3, -0.25) is 4.79 Å². The Morgan fingerprint density at radius 1 is 0.833 bits per heavy atom. The summed E-state index contributed by atoms with van der Waals surface area (Å²) in [5, 5.41) is 2.93. The number of amides is 1. The van der Waals surface area contributed by atoms with E-state index in [2.05, 4.69) is 31.3 Å². The van der Waals surface area contributed by atoms with Gasteiger partial charge in [0.2, 0.25) is 0 Å². The lowest BCUT2D eigenvalue weighted by Gasteiger charge is -2.12. The van der Waals surface area contributed by atoms with E-state index in [-0.39, 0.29) is 5.91 Å². The summed E-state index contributed by atoms with van der Waals surface area (Å²) in [5.41, 5.74) is 2.44. The van der Waals surface area contributed by atoms with Crippen molar-refractivity contribution < 1.29 is 14.3 Å². The monoisotopic (exact) mass is 403 g/mol. The molecule has 156 valence electrons. The maximum absolute atomic E-state index is 12.8. The fourth-order valence-electron chi connectivity index (χ4n) is 2.95. The molecule has 0 fully saturated rings. The molecule has 4 heteroatoms. The summed E-state index contributed by atoms with van der Waals surface area (Å²) in [6.07, 6.45) is 1.80. The van der Waals surface area contributed by atoms with Crippen LogP contribution in [0.15, 0.2) is 78.9 Å². The molecular weight excluding hydrogens is 374 g/mol. The van der Waals surface area contributed by atoms with Crippen molar-refractivity contribution in [1.29, 1.82) is 0 Å². The van der Waals surface area contributed by atoms with Gasteiger partial charge in [0.1, 0.15) is 11.5 Å². The second-order valence-electron chi connectivity index (χ2n) is 7.59. The molecule has 3 rings (SSSR count). The van der Waals surface area contributed by atoms with E-state index in [1.54, 1.807) is 6.07 Å². The fraction of sp³-hybridized carbons (Fsp3) is 0.269. The smallest absolute Gasteiger partial charge is 0.259 e. The first-order valence-corrected chi connectivity index (χ1v) is 10.4. The molecule has 4 nitrogen and oxygen atoms in total. The zero-order valence-corrected chi connectivity index (χ0v) is 17.6. The van der Waals surface area contributed by atoms with E-state index in [1.165, 1.54) is 5.56 Å². The first-order valence-electron chi connectivity index (χ1n) is 10.4. The van der Waals surface area contributed by atoms with Crippen molar-refractivity contribution in [2.24, 2.45) is 5.92 Å². The van der Waals surface area contributed by atoms with Crippen LogP contribution < -0.4 is 14.8 Å². The Bertz CT molecular complexity index is 921. The summed E-state index contributed by atoms with van der Waals surface area (Å²) in [6, 6.07) is 24.9. The predicted molar refractivity (Wildman–Crippen MR) is 121 cm³/mol. The zero-order chi connectivity index (χ0) is 21.2. The van der Waals surface area contributed by atoms with Crippen LogP contribution in [0.4, 0.5) is 5.69 Å². The zero-order valence-electron chi connectivity index (χ0n) is 17.6. The van der Waals surface area contributed by atoms with Crippen molar-refractivity contribution >= 4 is 11.6 Å². The van der Waals surface area contributed by atoms with Gasteiger partial charge in [0.25, 0.3) is 5.91 Å². The van der Waals surface area contributed by atoms with Crippen molar-refractivity contribution in [3.8, 4) is 11.5 Å². The number of carbonyl (C=O) groups is 1. The van der Waals surface area contributed by atoms with Crippen LogP contribution in [0.3, 0.4) is 0 Å². The number of rotatable bonds is 10. The van der Waals surface area contributed by atoms with Gasteiger partial charge in [-0.2, -0.15) is 0 Å². The molecule has 0 unspecified atom stereocenters. The number of nitrogens with one attached hydrogen (secondary N) is 1. The molecule has 3 aromatic carbocycles. The highest BCUT2D eigenvalue weighted by molar-refractivity contribution is 6.06. The van der Waals surface area contributed by atoms with Crippen LogP contribution in [-0.4, -0.2) is 19.1 Å². The molecule has 0 bridgehead atoms. The minimum absolute atomic E-state index is 0.196. The van der Waals surface area contributed by atoms with Crippen LogP contribution in [-0.2, 0) is 6.42 Å². The molecule has 0 radical (unpaired) electrons. The lowest BCUT2D eigenvalue weighted by atomic mass is 10.1. The first-order chi connectivity index (χ1) is 14.6. The first kappa shape index (κ1) is 21.4. The number of hydrogen-bond donors (Lipinski definition) is 1. The molecule has 0 saturated carbocycles. The van der Waals surface area contributed by atoms with Gasteiger partial charge in [-0.1, -0.05) is 56.3 Å². The third-order valence-corrected chi connectivity index (χ3v) is 4.70. The molecule has 0 heterocycles. The number of para-hydroxylation sites is 1. The number of ether oxygens (including phenoxy) is 2. The van der Waals surface area contributed by atoms with Crippen LogP contribution in [0.2, 0.25) is 0 Å². The van der Waals surface area contributed by atoms with Gasteiger partial charge in [-0.25, -0.2) is 0 Å². The van der Waals surface area contributed by atoms with Gasteiger partial charge in [0.05, 0.1) is 18.8 Å². The maximum Gasteiger partial charge on any atom is 0.259 e. The Morgan fingerprint density at radius 3 is 2.27 bits per heavy atom. The summed E-state index contributed by atoms with van der Waals surface area (Å²) < 4.78 is 11.6. The third-order valence-electron chi connectivity index (χ3n) is 4.70. The van der Waals surface area contributed by atoms with Gasteiger partial charge in [-0.15, -0.1) is 0 Å². The lowest BCUT2D eigenvalue weighted by Crippen LogP contribution is -2.14.